The van der Waals surface area contributed by atoms with Gasteiger partial charge in [-0.1, -0.05) is 12.1 Å². The van der Waals surface area contributed by atoms with Crippen molar-refractivity contribution >= 4 is 18.0 Å². The van der Waals surface area contributed by atoms with E-state index in [2.05, 4.69) is 52.5 Å². The Morgan fingerprint density at radius 2 is 1.89 bits per heavy atom. The van der Waals surface area contributed by atoms with Gasteiger partial charge in [-0.15, -0.1) is 0 Å². The molecule has 0 radical (unpaired) electrons. The molecule has 1 aromatic carbocycles. The lowest BCUT2D eigenvalue weighted by Gasteiger charge is -2.13. The Hall–Kier alpha value is -2.93. The van der Waals surface area contributed by atoms with Crippen LogP contribution in [0.15, 0.2) is 29.4 Å². The molecule has 0 fully saturated rings. The number of aryl methyl sites for hydroxylation is 3. The summed E-state index contributed by atoms with van der Waals surface area (Å²) in [6, 6.07) is 8.37. The van der Waals surface area contributed by atoms with Crippen LogP contribution in [0.1, 0.15) is 34.5 Å². The molecule has 7 heteroatoms. The molecule has 0 bridgehead atoms. The molecule has 0 atom stereocenters. The van der Waals surface area contributed by atoms with Crippen LogP contribution in [-0.2, 0) is 14.3 Å². The Balaban J connectivity index is 2.04. The van der Waals surface area contributed by atoms with E-state index in [0.717, 1.165) is 22.6 Å². The molecule has 2 N–H and O–H groups in total. The number of methoxy groups -OCH3 is 1. The number of aromatic nitrogens is 1. The van der Waals surface area contributed by atoms with Crippen LogP contribution in [0, 0.1) is 27.7 Å². The molecular weight excluding hydrogens is 356 g/mol. The second-order valence-electron chi connectivity index (χ2n) is 6.76. The van der Waals surface area contributed by atoms with Gasteiger partial charge in [0.15, 0.2) is 0 Å². The van der Waals surface area contributed by atoms with E-state index < -0.39 is 5.91 Å². The van der Waals surface area contributed by atoms with Crippen molar-refractivity contribution < 1.29 is 14.3 Å². The van der Waals surface area contributed by atoms with Crippen LogP contribution < -0.4 is 10.7 Å². The number of hydrogen-bond donors (Lipinski definition) is 2. The van der Waals surface area contributed by atoms with Crippen LogP contribution in [-0.4, -0.2) is 42.9 Å². The number of amides is 2. The van der Waals surface area contributed by atoms with Crippen LogP contribution in [0.4, 0.5) is 0 Å². The van der Waals surface area contributed by atoms with E-state index in [1.807, 2.05) is 19.9 Å². The molecule has 0 spiro atoms. The van der Waals surface area contributed by atoms with E-state index in [4.69, 9.17) is 4.74 Å². The highest BCUT2D eigenvalue weighted by Crippen LogP contribution is 2.23. The van der Waals surface area contributed by atoms with Gasteiger partial charge in [0, 0.05) is 36.3 Å². The maximum Gasteiger partial charge on any atom is 0.249 e. The summed E-state index contributed by atoms with van der Waals surface area (Å²) in [5.41, 5.74) is 8.92. The van der Waals surface area contributed by atoms with Gasteiger partial charge in [-0.05, 0) is 51.0 Å². The average Bonchev–Trinajstić information content (AvgIpc) is 2.91. The van der Waals surface area contributed by atoms with Gasteiger partial charge in [0.2, 0.25) is 11.8 Å². The Morgan fingerprint density at radius 1 is 1.14 bits per heavy atom. The molecule has 1 heterocycles. The van der Waals surface area contributed by atoms with Crippen molar-refractivity contribution in [1.82, 2.24) is 15.3 Å². The molecule has 28 heavy (non-hydrogen) atoms. The summed E-state index contributed by atoms with van der Waals surface area (Å²) in [5.74, 6) is -0.827. The van der Waals surface area contributed by atoms with Crippen LogP contribution in [0.5, 0.6) is 0 Å². The fourth-order valence-corrected chi connectivity index (χ4v) is 2.96. The molecule has 0 aliphatic heterocycles. The number of benzene rings is 1. The second-order valence-corrected chi connectivity index (χ2v) is 6.76. The van der Waals surface area contributed by atoms with Gasteiger partial charge in [0.05, 0.1) is 12.8 Å². The zero-order valence-corrected chi connectivity index (χ0v) is 17.1. The zero-order chi connectivity index (χ0) is 20.7. The number of nitrogens with one attached hydrogen (secondary N) is 2. The highest BCUT2D eigenvalue weighted by atomic mass is 16.5. The Morgan fingerprint density at radius 3 is 2.61 bits per heavy atom. The van der Waals surface area contributed by atoms with E-state index >= 15 is 0 Å². The molecule has 0 unspecified atom stereocenters. The molecule has 2 amide bonds. The van der Waals surface area contributed by atoms with Crippen molar-refractivity contribution in [3.8, 4) is 5.69 Å². The quantitative estimate of drug-likeness (QED) is 0.317. The van der Waals surface area contributed by atoms with Crippen molar-refractivity contribution in [2.24, 2.45) is 5.10 Å². The molecule has 0 aliphatic rings. The topological polar surface area (TPSA) is 84.7 Å². The van der Waals surface area contributed by atoms with Gasteiger partial charge in [0.1, 0.15) is 6.42 Å². The number of hydrogen-bond acceptors (Lipinski definition) is 4. The number of ether oxygens (including phenoxy) is 1. The lowest BCUT2D eigenvalue weighted by Crippen LogP contribution is -2.31. The molecule has 1 aromatic heterocycles. The van der Waals surface area contributed by atoms with Crippen molar-refractivity contribution in [2.45, 2.75) is 34.1 Å². The van der Waals surface area contributed by atoms with E-state index in [1.165, 1.54) is 11.1 Å². The highest BCUT2D eigenvalue weighted by Gasteiger charge is 2.12. The number of carbonyl (C=O) groups is 2. The highest BCUT2D eigenvalue weighted by molar-refractivity contribution is 5.97. The summed E-state index contributed by atoms with van der Waals surface area (Å²) in [5, 5.41) is 6.59. The Bertz CT molecular complexity index is 884. The second kappa shape index (κ2) is 9.85. The van der Waals surface area contributed by atoms with Crippen LogP contribution in [0.3, 0.4) is 0 Å². The molecular formula is C21H28N4O3. The lowest BCUT2D eigenvalue weighted by atomic mass is 10.1. The van der Waals surface area contributed by atoms with Crippen LogP contribution in [0.2, 0.25) is 0 Å². The Labute approximate surface area is 165 Å². The minimum atomic E-state index is -0.463. The minimum Gasteiger partial charge on any atom is -0.383 e. The van der Waals surface area contributed by atoms with Crippen molar-refractivity contribution in [1.29, 1.82) is 0 Å². The first-order valence-electron chi connectivity index (χ1n) is 9.17. The third-order valence-electron chi connectivity index (χ3n) is 4.42. The van der Waals surface area contributed by atoms with E-state index in [-0.39, 0.29) is 12.3 Å². The number of hydrazone groups is 1. The van der Waals surface area contributed by atoms with Crippen molar-refractivity contribution in [2.75, 3.05) is 20.3 Å². The summed E-state index contributed by atoms with van der Waals surface area (Å²) >= 11 is 0. The molecule has 2 rings (SSSR count). The molecule has 2 aromatic rings. The maximum atomic E-state index is 11.8. The number of nitrogens with zero attached hydrogens (tertiary/aromatic N) is 2. The monoisotopic (exact) mass is 384 g/mol. The zero-order valence-electron chi connectivity index (χ0n) is 17.1. The Kier molecular flexibility index (Phi) is 7.52. The minimum absolute atomic E-state index is 0.275. The predicted molar refractivity (Wildman–Crippen MR) is 110 cm³/mol. The van der Waals surface area contributed by atoms with E-state index in [9.17, 15) is 9.59 Å². The third-order valence-corrected chi connectivity index (χ3v) is 4.42. The van der Waals surface area contributed by atoms with E-state index in [0.29, 0.717) is 13.2 Å². The summed E-state index contributed by atoms with van der Waals surface area (Å²) < 4.78 is 7.01. The third kappa shape index (κ3) is 5.53. The maximum absolute atomic E-state index is 11.8. The summed E-state index contributed by atoms with van der Waals surface area (Å²) in [6.07, 6.45) is 1.33. The number of carbonyl (C=O) groups excluding carboxylic acids is 2. The molecule has 150 valence electrons. The van der Waals surface area contributed by atoms with Crippen LogP contribution >= 0.6 is 0 Å². The number of rotatable bonds is 8. The lowest BCUT2D eigenvalue weighted by molar-refractivity contribution is -0.129. The summed E-state index contributed by atoms with van der Waals surface area (Å²) in [6.45, 7) is 8.98. The van der Waals surface area contributed by atoms with E-state index in [1.54, 1.807) is 13.3 Å². The first-order chi connectivity index (χ1) is 13.3. The summed E-state index contributed by atoms with van der Waals surface area (Å²) in [4.78, 5) is 23.4. The molecule has 0 aliphatic carbocycles. The van der Waals surface area contributed by atoms with Crippen molar-refractivity contribution in [3.63, 3.8) is 0 Å². The average molecular weight is 384 g/mol. The smallest absolute Gasteiger partial charge is 0.249 e. The SMILES string of the molecule is COCCNC(=O)CC(=O)N/N=C/c1cc(C)n(-c2cc(C)ccc2C)c1C. The van der Waals surface area contributed by atoms with Gasteiger partial charge >= 0.3 is 0 Å². The summed E-state index contributed by atoms with van der Waals surface area (Å²) in [7, 11) is 1.55. The normalized spacial score (nSPS) is 11.0. The fraction of sp³-hybridized carbons (Fsp3) is 0.381. The van der Waals surface area contributed by atoms with Gasteiger partial charge in [0.25, 0.3) is 0 Å². The largest absolute Gasteiger partial charge is 0.383 e. The first kappa shape index (κ1) is 21.4. The standard InChI is InChI=1S/C21H28N4O3/c1-14-6-7-15(2)19(10-14)25-16(3)11-18(17(25)4)13-23-24-21(27)12-20(26)22-8-9-28-5/h6-7,10-11,13H,8-9,12H2,1-5H3,(H,22,26)(H,24,27)/b23-13+. The van der Waals surface area contributed by atoms with Gasteiger partial charge in [-0.25, -0.2) is 5.43 Å². The van der Waals surface area contributed by atoms with Gasteiger partial charge in [-0.3, -0.25) is 9.59 Å². The van der Waals surface area contributed by atoms with Crippen LogP contribution in [0.25, 0.3) is 5.69 Å². The van der Waals surface area contributed by atoms with Crippen molar-refractivity contribution in [3.05, 3.63) is 52.3 Å². The molecule has 0 saturated heterocycles. The fourth-order valence-electron chi connectivity index (χ4n) is 2.96. The first-order valence-corrected chi connectivity index (χ1v) is 9.17. The van der Waals surface area contributed by atoms with Gasteiger partial charge < -0.3 is 14.6 Å². The van der Waals surface area contributed by atoms with Gasteiger partial charge in [-0.2, -0.15) is 5.10 Å². The predicted octanol–water partition coefficient (Wildman–Crippen LogP) is 2.31. The molecule has 7 nitrogen and oxygen atoms in total. The molecule has 0 saturated carbocycles.